The maximum Gasteiger partial charge on any atom is 0.118 e. The summed E-state index contributed by atoms with van der Waals surface area (Å²) in [7, 11) is 1.65. The van der Waals surface area contributed by atoms with E-state index in [1.54, 1.807) is 7.11 Å². The number of methoxy groups -OCH3 is 1. The average molecular weight is 297 g/mol. The zero-order valence-electron chi connectivity index (χ0n) is 12.9. The van der Waals surface area contributed by atoms with Gasteiger partial charge in [-0.15, -0.1) is 0 Å². The van der Waals surface area contributed by atoms with E-state index in [-0.39, 0.29) is 0 Å². The molecular weight excluding hydrogens is 274 g/mol. The van der Waals surface area contributed by atoms with Gasteiger partial charge in [0.2, 0.25) is 0 Å². The number of hydrogen-bond donors (Lipinski definition) is 2. The molecule has 0 spiro atoms. The predicted molar refractivity (Wildman–Crippen MR) is 88.2 cm³/mol. The van der Waals surface area contributed by atoms with Crippen molar-refractivity contribution in [1.82, 2.24) is 5.32 Å². The van der Waals surface area contributed by atoms with Crippen LogP contribution in [0, 0.1) is 0 Å². The number of aliphatic hydroxyl groups excluding tert-OH is 1. The molecule has 0 saturated heterocycles. The fraction of sp³-hybridized carbons (Fsp3) is 0.368. The highest BCUT2D eigenvalue weighted by Crippen LogP contribution is 2.36. The van der Waals surface area contributed by atoms with Crippen molar-refractivity contribution in [2.24, 2.45) is 0 Å². The predicted octanol–water partition coefficient (Wildman–Crippen LogP) is 3.26. The first kappa shape index (κ1) is 15.1. The zero-order valence-corrected chi connectivity index (χ0v) is 12.9. The van der Waals surface area contributed by atoms with Crippen molar-refractivity contribution in [3.63, 3.8) is 0 Å². The Hall–Kier alpha value is -1.84. The van der Waals surface area contributed by atoms with Crippen molar-refractivity contribution in [1.29, 1.82) is 0 Å². The Morgan fingerprint density at radius 1 is 1.09 bits per heavy atom. The number of nitrogens with one attached hydrogen (secondary N) is 1. The van der Waals surface area contributed by atoms with Crippen molar-refractivity contribution >= 4 is 0 Å². The molecule has 2 aromatic carbocycles. The molecule has 0 heterocycles. The van der Waals surface area contributed by atoms with Crippen LogP contribution in [0.15, 0.2) is 54.6 Å². The number of hydrogen-bond acceptors (Lipinski definition) is 3. The van der Waals surface area contributed by atoms with Gasteiger partial charge in [0.1, 0.15) is 5.75 Å². The minimum absolute atomic E-state index is 0.471. The summed E-state index contributed by atoms with van der Waals surface area (Å²) in [6.45, 7) is 0.596. The van der Waals surface area contributed by atoms with E-state index < -0.39 is 6.10 Å². The molecule has 2 aromatic rings. The summed E-state index contributed by atoms with van der Waals surface area (Å²) < 4.78 is 5.13. The lowest BCUT2D eigenvalue weighted by atomic mass is 9.76. The molecule has 1 aliphatic rings. The van der Waals surface area contributed by atoms with Crippen molar-refractivity contribution in [2.45, 2.75) is 30.9 Å². The first-order valence-corrected chi connectivity index (χ1v) is 7.86. The highest BCUT2D eigenvalue weighted by Gasteiger charge is 2.30. The molecule has 2 N–H and O–H groups in total. The van der Waals surface area contributed by atoms with E-state index in [2.05, 4.69) is 35.6 Å². The molecular formula is C19H23NO2. The minimum Gasteiger partial charge on any atom is -0.497 e. The second-order valence-corrected chi connectivity index (χ2v) is 5.97. The van der Waals surface area contributed by atoms with Crippen LogP contribution in [0.1, 0.15) is 36.0 Å². The van der Waals surface area contributed by atoms with Crippen molar-refractivity contribution in [3.05, 3.63) is 65.7 Å². The Morgan fingerprint density at radius 2 is 1.77 bits per heavy atom. The second-order valence-electron chi connectivity index (χ2n) is 5.97. The normalized spacial score (nSPS) is 21.9. The summed E-state index contributed by atoms with van der Waals surface area (Å²) in [5, 5.41) is 13.7. The SMILES string of the molecule is COc1ccc(C(O)CNC2CC(c3ccccc3)C2)cc1. The topological polar surface area (TPSA) is 41.5 Å². The summed E-state index contributed by atoms with van der Waals surface area (Å²) in [4.78, 5) is 0. The molecule has 1 aliphatic carbocycles. The van der Waals surface area contributed by atoms with Crippen molar-refractivity contribution in [2.75, 3.05) is 13.7 Å². The van der Waals surface area contributed by atoms with Crippen LogP contribution < -0.4 is 10.1 Å². The first-order chi connectivity index (χ1) is 10.8. The van der Waals surface area contributed by atoms with Gasteiger partial charge in [0.15, 0.2) is 0 Å². The molecule has 3 nitrogen and oxygen atoms in total. The van der Waals surface area contributed by atoms with Gasteiger partial charge in [-0.3, -0.25) is 0 Å². The molecule has 0 radical (unpaired) electrons. The molecule has 3 heteroatoms. The molecule has 3 rings (SSSR count). The Morgan fingerprint density at radius 3 is 2.41 bits per heavy atom. The van der Waals surface area contributed by atoms with Gasteiger partial charge in [0, 0.05) is 12.6 Å². The number of aliphatic hydroxyl groups is 1. The van der Waals surface area contributed by atoms with E-state index in [9.17, 15) is 5.11 Å². The third kappa shape index (κ3) is 3.49. The van der Waals surface area contributed by atoms with Gasteiger partial charge < -0.3 is 15.2 Å². The Balaban J connectivity index is 1.43. The molecule has 1 fully saturated rings. The van der Waals surface area contributed by atoms with Crippen molar-refractivity contribution < 1.29 is 9.84 Å². The lowest BCUT2D eigenvalue weighted by Gasteiger charge is -2.37. The van der Waals surface area contributed by atoms with Crippen molar-refractivity contribution in [3.8, 4) is 5.75 Å². The summed E-state index contributed by atoms with van der Waals surface area (Å²) in [5.41, 5.74) is 2.35. The van der Waals surface area contributed by atoms with Crippen LogP contribution in [0.5, 0.6) is 5.75 Å². The van der Waals surface area contributed by atoms with Gasteiger partial charge in [-0.2, -0.15) is 0 Å². The molecule has 1 saturated carbocycles. The van der Waals surface area contributed by atoms with Crippen LogP contribution >= 0.6 is 0 Å². The van der Waals surface area contributed by atoms with Crippen LogP contribution in [0.3, 0.4) is 0 Å². The van der Waals surface area contributed by atoms with Crippen LogP contribution in [0.2, 0.25) is 0 Å². The average Bonchev–Trinajstić information content (AvgIpc) is 2.54. The van der Waals surface area contributed by atoms with Gasteiger partial charge in [0.25, 0.3) is 0 Å². The van der Waals surface area contributed by atoms with Crippen LogP contribution in [0.25, 0.3) is 0 Å². The molecule has 0 aromatic heterocycles. The number of benzene rings is 2. The summed E-state index contributed by atoms with van der Waals surface area (Å²) in [5.74, 6) is 1.48. The van der Waals surface area contributed by atoms with E-state index in [0.29, 0.717) is 18.5 Å². The molecule has 116 valence electrons. The maximum absolute atomic E-state index is 10.2. The van der Waals surface area contributed by atoms with Crippen LogP contribution in [-0.2, 0) is 0 Å². The molecule has 0 amide bonds. The standard InChI is InChI=1S/C19H23NO2/c1-22-18-9-7-15(8-10-18)19(21)13-20-17-11-16(12-17)14-5-3-2-4-6-14/h2-10,16-17,19-21H,11-13H2,1H3. The summed E-state index contributed by atoms with van der Waals surface area (Å²) >= 11 is 0. The molecule has 0 aliphatic heterocycles. The Bertz CT molecular complexity index is 576. The molecule has 1 unspecified atom stereocenters. The van der Waals surface area contributed by atoms with Gasteiger partial charge in [0.05, 0.1) is 13.2 Å². The van der Waals surface area contributed by atoms with Crippen LogP contribution in [0.4, 0.5) is 0 Å². The second kappa shape index (κ2) is 6.95. The maximum atomic E-state index is 10.2. The Kier molecular flexibility index (Phi) is 4.76. The fourth-order valence-electron chi connectivity index (χ4n) is 3.00. The van der Waals surface area contributed by atoms with E-state index in [1.807, 2.05) is 24.3 Å². The Labute approximate surface area is 131 Å². The minimum atomic E-state index is -0.471. The molecule has 0 bridgehead atoms. The lowest BCUT2D eigenvalue weighted by Crippen LogP contribution is -2.41. The highest BCUT2D eigenvalue weighted by molar-refractivity contribution is 5.28. The van der Waals surface area contributed by atoms with E-state index in [4.69, 9.17) is 4.74 Å². The third-order valence-corrected chi connectivity index (χ3v) is 4.51. The van der Waals surface area contributed by atoms with Gasteiger partial charge in [-0.1, -0.05) is 42.5 Å². The zero-order chi connectivity index (χ0) is 15.4. The van der Waals surface area contributed by atoms with Crippen LogP contribution in [-0.4, -0.2) is 24.8 Å². The quantitative estimate of drug-likeness (QED) is 0.860. The number of rotatable bonds is 6. The van der Waals surface area contributed by atoms with E-state index in [1.165, 1.54) is 5.56 Å². The highest BCUT2D eigenvalue weighted by atomic mass is 16.5. The van der Waals surface area contributed by atoms with E-state index in [0.717, 1.165) is 24.2 Å². The monoisotopic (exact) mass is 297 g/mol. The molecule has 22 heavy (non-hydrogen) atoms. The first-order valence-electron chi connectivity index (χ1n) is 7.86. The van der Waals surface area contributed by atoms with Gasteiger partial charge >= 0.3 is 0 Å². The third-order valence-electron chi connectivity index (χ3n) is 4.51. The van der Waals surface area contributed by atoms with E-state index >= 15 is 0 Å². The lowest BCUT2D eigenvalue weighted by molar-refractivity contribution is 0.157. The number of ether oxygens (including phenoxy) is 1. The fourth-order valence-corrected chi connectivity index (χ4v) is 3.00. The molecule has 1 atom stereocenters. The summed E-state index contributed by atoms with van der Waals surface area (Å²) in [6, 6.07) is 18.8. The van der Waals surface area contributed by atoms with Gasteiger partial charge in [-0.05, 0) is 42.0 Å². The smallest absolute Gasteiger partial charge is 0.118 e. The van der Waals surface area contributed by atoms with Gasteiger partial charge in [-0.25, -0.2) is 0 Å². The largest absolute Gasteiger partial charge is 0.497 e. The summed E-state index contributed by atoms with van der Waals surface area (Å²) in [6.07, 6.45) is 1.83.